The second-order valence-electron chi connectivity index (χ2n) is 4.26. The number of hydrogen-bond acceptors (Lipinski definition) is 3. The van der Waals surface area contributed by atoms with Crippen molar-refractivity contribution in [2.75, 3.05) is 5.73 Å². The van der Waals surface area contributed by atoms with Crippen molar-refractivity contribution in [2.24, 2.45) is 0 Å². The molecule has 0 unspecified atom stereocenters. The summed E-state index contributed by atoms with van der Waals surface area (Å²) in [5.41, 5.74) is 7.29. The van der Waals surface area contributed by atoms with E-state index in [-0.39, 0.29) is 11.6 Å². The van der Waals surface area contributed by atoms with Crippen molar-refractivity contribution < 1.29 is 8.91 Å². The monoisotopic (exact) mass is 288 g/mol. The van der Waals surface area contributed by atoms with Crippen LogP contribution < -0.4 is 5.73 Å². The van der Waals surface area contributed by atoms with E-state index < -0.39 is 0 Å². The molecule has 20 heavy (non-hydrogen) atoms. The number of benzene rings is 2. The third-order valence-corrected chi connectivity index (χ3v) is 3.18. The minimum Gasteiger partial charge on any atom is -0.380 e. The highest BCUT2D eigenvalue weighted by Crippen LogP contribution is 2.38. The minimum atomic E-state index is -0.384. The third kappa shape index (κ3) is 2.14. The summed E-state index contributed by atoms with van der Waals surface area (Å²) in [5.74, 6) is 0.158. The smallest absolute Gasteiger partial charge is 0.177 e. The van der Waals surface area contributed by atoms with Crippen LogP contribution in [0.5, 0.6) is 0 Å². The Morgan fingerprint density at radius 3 is 2.65 bits per heavy atom. The first kappa shape index (κ1) is 12.7. The predicted octanol–water partition coefficient (Wildman–Crippen LogP) is 4.38. The van der Waals surface area contributed by atoms with E-state index in [0.29, 0.717) is 27.5 Å². The van der Waals surface area contributed by atoms with Gasteiger partial charge in [0, 0.05) is 16.1 Å². The Bertz CT molecular complexity index is 770. The van der Waals surface area contributed by atoms with E-state index in [4.69, 9.17) is 21.9 Å². The zero-order chi connectivity index (χ0) is 14.1. The van der Waals surface area contributed by atoms with Gasteiger partial charge in [-0.25, -0.2) is 4.39 Å². The lowest BCUT2D eigenvalue weighted by Gasteiger charge is -2.04. The van der Waals surface area contributed by atoms with Crippen LogP contribution in [-0.4, -0.2) is 5.16 Å². The van der Waals surface area contributed by atoms with Crippen molar-refractivity contribution >= 4 is 17.4 Å². The van der Waals surface area contributed by atoms with Gasteiger partial charge in [-0.3, -0.25) is 0 Å². The van der Waals surface area contributed by atoms with Gasteiger partial charge in [-0.15, -0.1) is 0 Å². The van der Waals surface area contributed by atoms with Crippen LogP contribution >= 0.6 is 11.6 Å². The summed E-state index contributed by atoms with van der Waals surface area (Å²) in [7, 11) is 0. The summed E-state index contributed by atoms with van der Waals surface area (Å²) >= 11 is 5.96. The largest absolute Gasteiger partial charge is 0.380 e. The molecule has 0 spiro atoms. The van der Waals surface area contributed by atoms with Crippen molar-refractivity contribution in [3.8, 4) is 22.5 Å². The topological polar surface area (TPSA) is 52.0 Å². The SMILES string of the molecule is Nc1noc(-c2cccc(Cl)c2)c1-c1ccccc1F. The maximum Gasteiger partial charge on any atom is 0.177 e. The van der Waals surface area contributed by atoms with E-state index in [9.17, 15) is 4.39 Å². The van der Waals surface area contributed by atoms with E-state index in [1.165, 1.54) is 6.07 Å². The molecular weight excluding hydrogens is 279 g/mol. The summed E-state index contributed by atoms with van der Waals surface area (Å²) in [4.78, 5) is 0. The molecule has 1 heterocycles. The molecule has 5 heteroatoms. The van der Waals surface area contributed by atoms with Gasteiger partial charge < -0.3 is 10.3 Å². The van der Waals surface area contributed by atoms with Crippen LogP contribution in [0.3, 0.4) is 0 Å². The number of rotatable bonds is 2. The standard InChI is InChI=1S/C15H10ClFN2O/c16-10-5-3-4-9(8-10)14-13(15(18)19-20-14)11-6-1-2-7-12(11)17/h1-8H,(H2,18,19). The van der Waals surface area contributed by atoms with Crippen molar-refractivity contribution in [1.82, 2.24) is 5.16 Å². The van der Waals surface area contributed by atoms with Crippen LogP contribution in [-0.2, 0) is 0 Å². The molecule has 3 aromatic rings. The molecule has 3 nitrogen and oxygen atoms in total. The molecule has 0 amide bonds. The lowest BCUT2D eigenvalue weighted by atomic mass is 10.0. The highest BCUT2D eigenvalue weighted by molar-refractivity contribution is 6.30. The summed E-state index contributed by atoms with van der Waals surface area (Å²) < 4.78 is 19.2. The van der Waals surface area contributed by atoms with Gasteiger partial charge in [-0.1, -0.05) is 47.1 Å². The summed E-state index contributed by atoms with van der Waals surface area (Å²) in [6.45, 7) is 0. The van der Waals surface area contributed by atoms with Gasteiger partial charge in [-0.2, -0.15) is 0 Å². The van der Waals surface area contributed by atoms with Gasteiger partial charge >= 0.3 is 0 Å². The Morgan fingerprint density at radius 1 is 1.10 bits per heavy atom. The predicted molar refractivity (Wildman–Crippen MR) is 76.8 cm³/mol. The number of nitrogens with two attached hydrogens (primary N) is 1. The Kier molecular flexibility index (Phi) is 3.16. The fourth-order valence-corrected chi connectivity index (χ4v) is 2.24. The molecule has 0 saturated heterocycles. The lowest BCUT2D eigenvalue weighted by molar-refractivity contribution is 0.436. The van der Waals surface area contributed by atoms with Crippen molar-refractivity contribution in [3.63, 3.8) is 0 Å². The number of nitrogen functional groups attached to an aromatic ring is 1. The molecule has 100 valence electrons. The molecule has 0 saturated carbocycles. The van der Waals surface area contributed by atoms with Gasteiger partial charge in [0.25, 0.3) is 0 Å². The minimum absolute atomic E-state index is 0.144. The highest BCUT2D eigenvalue weighted by atomic mass is 35.5. The third-order valence-electron chi connectivity index (χ3n) is 2.95. The Labute approximate surface area is 119 Å². The number of halogens is 2. The van der Waals surface area contributed by atoms with Crippen LogP contribution in [0.4, 0.5) is 10.2 Å². The van der Waals surface area contributed by atoms with Crippen LogP contribution in [0.2, 0.25) is 5.02 Å². The van der Waals surface area contributed by atoms with Crippen LogP contribution in [0, 0.1) is 5.82 Å². The van der Waals surface area contributed by atoms with E-state index in [0.717, 1.165) is 0 Å². The van der Waals surface area contributed by atoms with Gasteiger partial charge in [0.1, 0.15) is 5.82 Å². The molecule has 0 fully saturated rings. The fourth-order valence-electron chi connectivity index (χ4n) is 2.05. The number of hydrogen-bond donors (Lipinski definition) is 1. The Hall–Kier alpha value is -2.33. The van der Waals surface area contributed by atoms with Gasteiger partial charge in [0.05, 0.1) is 5.56 Å². The summed E-state index contributed by atoms with van der Waals surface area (Å²) in [6, 6.07) is 13.4. The van der Waals surface area contributed by atoms with E-state index >= 15 is 0 Å². The second-order valence-corrected chi connectivity index (χ2v) is 4.70. The van der Waals surface area contributed by atoms with E-state index in [1.54, 1.807) is 42.5 Å². The Morgan fingerprint density at radius 2 is 1.90 bits per heavy atom. The maximum atomic E-state index is 14.0. The highest BCUT2D eigenvalue weighted by Gasteiger charge is 2.20. The maximum absolute atomic E-state index is 14.0. The molecular formula is C15H10ClFN2O. The molecule has 2 aromatic carbocycles. The molecule has 0 aliphatic rings. The zero-order valence-electron chi connectivity index (χ0n) is 10.3. The summed E-state index contributed by atoms with van der Waals surface area (Å²) in [5, 5.41) is 4.29. The first-order chi connectivity index (χ1) is 9.66. The van der Waals surface area contributed by atoms with Crippen molar-refractivity contribution in [2.45, 2.75) is 0 Å². The molecule has 1 aromatic heterocycles. The number of anilines is 1. The molecule has 0 bridgehead atoms. The normalized spacial score (nSPS) is 10.7. The zero-order valence-corrected chi connectivity index (χ0v) is 11.1. The summed E-state index contributed by atoms with van der Waals surface area (Å²) in [6.07, 6.45) is 0. The quantitative estimate of drug-likeness (QED) is 0.761. The molecule has 0 atom stereocenters. The second kappa shape index (κ2) is 4.98. The van der Waals surface area contributed by atoms with Crippen LogP contribution in [0.25, 0.3) is 22.5 Å². The number of nitrogens with zero attached hydrogens (tertiary/aromatic N) is 1. The molecule has 3 rings (SSSR count). The van der Waals surface area contributed by atoms with Gasteiger partial charge in [0.15, 0.2) is 11.6 Å². The molecule has 0 aliphatic carbocycles. The van der Waals surface area contributed by atoms with Crippen LogP contribution in [0.15, 0.2) is 53.1 Å². The molecule has 0 aliphatic heterocycles. The average molecular weight is 289 g/mol. The molecule has 0 radical (unpaired) electrons. The Balaban J connectivity index is 2.23. The van der Waals surface area contributed by atoms with E-state index in [2.05, 4.69) is 5.16 Å². The molecule has 2 N–H and O–H groups in total. The number of aromatic nitrogens is 1. The van der Waals surface area contributed by atoms with Crippen LogP contribution in [0.1, 0.15) is 0 Å². The first-order valence-electron chi connectivity index (χ1n) is 5.93. The van der Waals surface area contributed by atoms with E-state index in [1.807, 2.05) is 0 Å². The van der Waals surface area contributed by atoms with Gasteiger partial charge in [0.2, 0.25) is 0 Å². The van der Waals surface area contributed by atoms with Crippen molar-refractivity contribution in [1.29, 1.82) is 0 Å². The van der Waals surface area contributed by atoms with Crippen molar-refractivity contribution in [3.05, 3.63) is 59.4 Å². The van der Waals surface area contributed by atoms with Gasteiger partial charge in [-0.05, 0) is 18.2 Å². The fraction of sp³-hybridized carbons (Fsp3) is 0. The lowest BCUT2D eigenvalue weighted by Crippen LogP contribution is -1.91. The first-order valence-corrected chi connectivity index (χ1v) is 6.30. The average Bonchev–Trinajstić information content (AvgIpc) is 2.81.